The molecule has 1 saturated heterocycles. The molecule has 1 heterocycles. The Kier molecular flexibility index (Phi) is 14.9. The van der Waals surface area contributed by atoms with Crippen molar-refractivity contribution in [3.05, 3.63) is 0 Å². The van der Waals surface area contributed by atoms with Gasteiger partial charge in [-0.25, -0.2) is 0 Å². The van der Waals surface area contributed by atoms with Crippen LogP contribution in [0.3, 0.4) is 0 Å². The number of aliphatic hydroxyl groups excluding tert-OH is 5. The first-order valence-corrected chi connectivity index (χ1v) is 9.69. The maximum absolute atomic E-state index is 10.2. The minimum absolute atomic E-state index is 0.369. The van der Waals surface area contributed by atoms with Crippen molar-refractivity contribution >= 4 is 6.29 Å². The summed E-state index contributed by atoms with van der Waals surface area (Å²) in [7, 11) is 0. The summed E-state index contributed by atoms with van der Waals surface area (Å²) in [6.07, 6.45) is -1.83. The van der Waals surface area contributed by atoms with Crippen LogP contribution < -0.4 is 5.32 Å². The fourth-order valence-electron chi connectivity index (χ4n) is 2.62. The number of carbonyl (C=O) groups is 1. The molecule has 9 nitrogen and oxygen atoms in total. The first-order valence-electron chi connectivity index (χ1n) is 9.69. The number of hydrogen-bond donors (Lipinski definition) is 6. The number of aldehydes is 1. The van der Waals surface area contributed by atoms with Gasteiger partial charge in [0.1, 0.15) is 30.8 Å². The Balaban J connectivity index is 0.00000119. The Bertz CT molecular complexity index is 373. The van der Waals surface area contributed by atoms with Crippen LogP contribution in [0.5, 0.6) is 0 Å². The second kappa shape index (κ2) is 15.3. The number of unbranched alkanes of at least 4 members (excludes halogenated alkanes) is 1. The monoisotopic (exact) mass is 395 g/mol. The molecule has 0 saturated carbocycles. The van der Waals surface area contributed by atoms with E-state index in [9.17, 15) is 30.3 Å². The summed E-state index contributed by atoms with van der Waals surface area (Å²) in [5.41, 5.74) is 0. The lowest BCUT2D eigenvalue weighted by Gasteiger charge is -2.44. The Labute approximate surface area is 161 Å². The van der Waals surface area contributed by atoms with Crippen LogP contribution in [0.25, 0.3) is 0 Å². The van der Waals surface area contributed by atoms with Crippen molar-refractivity contribution in [2.24, 2.45) is 0 Å². The summed E-state index contributed by atoms with van der Waals surface area (Å²) in [5.74, 6) is 0. The van der Waals surface area contributed by atoms with E-state index in [1.807, 2.05) is 20.8 Å². The molecular weight excluding hydrogens is 358 g/mol. The van der Waals surface area contributed by atoms with Gasteiger partial charge < -0.3 is 39.8 Å². The van der Waals surface area contributed by atoms with Crippen molar-refractivity contribution in [3.63, 3.8) is 0 Å². The van der Waals surface area contributed by atoms with Gasteiger partial charge in [0.05, 0.1) is 12.6 Å². The minimum Gasteiger partial charge on any atom is -0.394 e. The van der Waals surface area contributed by atoms with Crippen LogP contribution in [0.15, 0.2) is 0 Å². The zero-order chi connectivity index (χ0) is 20.8. The molecule has 7 atom stereocenters. The molecule has 0 aromatic heterocycles. The highest BCUT2D eigenvalue weighted by Gasteiger charge is 2.46. The number of carbonyl (C=O) groups excluding carboxylic acids is 1. The van der Waals surface area contributed by atoms with Crippen LogP contribution in [0.2, 0.25) is 0 Å². The van der Waals surface area contributed by atoms with E-state index in [0.717, 1.165) is 19.1 Å². The third kappa shape index (κ3) is 9.91. The van der Waals surface area contributed by atoms with Gasteiger partial charge in [0.15, 0.2) is 12.6 Å². The average molecular weight is 395 g/mol. The van der Waals surface area contributed by atoms with Gasteiger partial charge in [-0.15, -0.1) is 0 Å². The Hall–Kier alpha value is -0.650. The summed E-state index contributed by atoms with van der Waals surface area (Å²) in [4.78, 5) is 9.40. The molecule has 1 rings (SSSR count). The van der Waals surface area contributed by atoms with Gasteiger partial charge in [-0.05, 0) is 19.3 Å². The first kappa shape index (κ1) is 26.4. The summed E-state index contributed by atoms with van der Waals surface area (Å²) in [5, 5.41) is 51.9. The van der Waals surface area contributed by atoms with E-state index in [4.69, 9.17) is 9.47 Å². The number of nitrogens with one attached hydrogen (secondary N) is 1. The van der Waals surface area contributed by atoms with Gasteiger partial charge in [0.2, 0.25) is 0 Å². The molecule has 0 radical (unpaired) electrons. The molecule has 1 aliphatic heterocycles. The van der Waals surface area contributed by atoms with Crippen LogP contribution >= 0.6 is 0 Å². The van der Waals surface area contributed by atoms with E-state index in [1.165, 1.54) is 0 Å². The van der Waals surface area contributed by atoms with Crippen molar-refractivity contribution < 1.29 is 39.8 Å². The van der Waals surface area contributed by atoms with Gasteiger partial charge >= 0.3 is 0 Å². The molecule has 0 spiro atoms. The lowest BCUT2D eigenvalue weighted by Crippen LogP contribution is -2.66. The van der Waals surface area contributed by atoms with Crippen molar-refractivity contribution in [1.29, 1.82) is 0 Å². The van der Waals surface area contributed by atoms with E-state index in [0.29, 0.717) is 25.7 Å². The third-order valence-corrected chi connectivity index (χ3v) is 4.08. The predicted octanol–water partition coefficient (Wildman–Crippen LogP) is -0.377. The van der Waals surface area contributed by atoms with Crippen LogP contribution in [0, 0.1) is 0 Å². The SMILES string of the molecule is CCCC(O)N[C@H]1C(O)O[C@H](CO)[C@@H](O)[C@@H]1OC(O)CCC.CCCC=O. The van der Waals surface area contributed by atoms with Crippen molar-refractivity contribution in [3.8, 4) is 0 Å². The fourth-order valence-corrected chi connectivity index (χ4v) is 2.62. The number of rotatable bonds is 11. The zero-order valence-electron chi connectivity index (χ0n) is 16.5. The Morgan fingerprint density at radius 1 is 1.11 bits per heavy atom. The predicted molar refractivity (Wildman–Crippen MR) is 98.6 cm³/mol. The summed E-state index contributed by atoms with van der Waals surface area (Å²) in [6.45, 7) is 5.26. The minimum atomic E-state index is -1.38. The highest BCUT2D eigenvalue weighted by molar-refractivity contribution is 5.48. The van der Waals surface area contributed by atoms with Crippen LogP contribution in [0.4, 0.5) is 0 Å². The van der Waals surface area contributed by atoms with Gasteiger partial charge in [0, 0.05) is 6.42 Å². The molecule has 1 aliphatic rings. The topological polar surface area (TPSA) is 149 Å². The fraction of sp³-hybridized carbons (Fsp3) is 0.944. The highest BCUT2D eigenvalue weighted by Crippen LogP contribution is 2.24. The number of hydrogen-bond acceptors (Lipinski definition) is 9. The molecule has 0 aromatic carbocycles. The summed E-state index contributed by atoms with van der Waals surface area (Å²) in [6, 6.07) is -0.925. The maximum atomic E-state index is 10.2. The molecule has 9 heteroatoms. The standard InChI is InChI=1S/C14H29NO7.C4H8O/c1-3-5-9(17)15-11-13(22-10(18)6-4-2)12(19)8(7-16)21-14(11)20;1-2-3-4-5/h8-20H,3-7H2,1-2H3;4H,2-3H2,1H3/t8-,9?,10?,11-,12-,13-,14?;/m1./s1. The molecule has 0 aromatic rings. The largest absolute Gasteiger partial charge is 0.394 e. The van der Waals surface area contributed by atoms with Gasteiger partial charge in [-0.2, -0.15) is 0 Å². The quantitative estimate of drug-likeness (QED) is 0.203. The second-order valence-corrected chi connectivity index (χ2v) is 6.53. The molecule has 0 aliphatic carbocycles. The maximum Gasteiger partial charge on any atom is 0.173 e. The number of ether oxygens (including phenoxy) is 2. The van der Waals surface area contributed by atoms with Crippen LogP contribution in [-0.2, 0) is 14.3 Å². The van der Waals surface area contributed by atoms with Crippen molar-refractivity contribution in [1.82, 2.24) is 5.32 Å². The van der Waals surface area contributed by atoms with E-state index < -0.39 is 49.8 Å². The third-order valence-electron chi connectivity index (χ3n) is 4.08. The van der Waals surface area contributed by atoms with Crippen LogP contribution in [-0.4, -0.2) is 81.6 Å². The zero-order valence-corrected chi connectivity index (χ0v) is 16.5. The van der Waals surface area contributed by atoms with Crippen molar-refractivity contribution in [2.45, 2.75) is 102 Å². The molecule has 27 heavy (non-hydrogen) atoms. The molecule has 3 unspecified atom stereocenters. The van der Waals surface area contributed by atoms with Crippen molar-refractivity contribution in [2.75, 3.05) is 6.61 Å². The summed E-state index contributed by atoms with van der Waals surface area (Å²) >= 11 is 0. The molecule has 1 fully saturated rings. The van der Waals surface area contributed by atoms with E-state index in [-0.39, 0.29) is 0 Å². The average Bonchev–Trinajstić information content (AvgIpc) is 2.62. The smallest absolute Gasteiger partial charge is 0.173 e. The normalized spacial score (nSPS) is 30.1. The van der Waals surface area contributed by atoms with Gasteiger partial charge in [-0.3, -0.25) is 5.32 Å². The molecule has 162 valence electrons. The lowest BCUT2D eigenvalue weighted by molar-refractivity contribution is -0.288. The van der Waals surface area contributed by atoms with Crippen LogP contribution in [0.1, 0.15) is 59.3 Å². The highest BCUT2D eigenvalue weighted by atomic mass is 16.7. The van der Waals surface area contributed by atoms with E-state index in [1.54, 1.807) is 0 Å². The van der Waals surface area contributed by atoms with Gasteiger partial charge in [-0.1, -0.05) is 33.6 Å². The van der Waals surface area contributed by atoms with E-state index >= 15 is 0 Å². The second-order valence-electron chi connectivity index (χ2n) is 6.53. The lowest BCUT2D eigenvalue weighted by atomic mass is 9.96. The Morgan fingerprint density at radius 3 is 2.19 bits per heavy atom. The van der Waals surface area contributed by atoms with E-state index in [2.05, 4.69) is 5.32 Å². The molecule has 0 amide bonds. The first-order chi connectivity index (χ1) is 12.9. The molecule has 0 bridgehead atoms. The Morgan fingerprint density at radius 2 is 1.74 bits per heavy atom. The molecule has 6 N–H and O–H groups in total. The number of aliphatic hydroxyl groups is 5. The summed E-state index contributed by atoms with van der Waals surface area (Å²) < 4.78 is 10.6. The van der Waals surface area contributed by atoms with Gasteiger partial charge in [0.25, 0.3) is 0 Å². The molecular formula is C18H37NO8.